The van der Waals surface area contributed by atoms with Gasteiger partial charge in [0.25, 0.3) is 0 Å². The van der Waals surface area contributed by atoms with Crippen LogP contribution in [0.4, 0.5) is 4.79 Å². The fourth-order valence-electron chi connectivity index (χ4n) is 2.20. The van der Waals surface area contributed by atoms with Gasteiger partial charge in [0.1, 0.15) is 11.6 Å². The van der Waals surface area contributed by atoms with Gasteiger partial charge in [0.15, 0.2) is 0 Å². The second kappa shape index (κ2) is 4.38. The number of carbonyl (C=O) groups excluding carboxylic acids is 2. The summed E-state index contributed by atoms with van der Waals surface area (Å²) in [7, 11) is 1.31. The molecule has 0 radical (unpaired) electrons. The Morgan fingerprint density at radius 2 is 2.32 bits per heavy atom. The fraction of sp³-hybridized carbons (Fsp3) is 0.308. The number of ether oxygens (including phenoxy) is 2. The molecular weight excluding hydrogens is 248 g/mol. The van der Waals surface area contributed by atoms with Crippen molar-refractivity contribution < 1.29 is 19.1 Å². The average Bonchev–Trinajstić information content (AvgIpc) is 2.46. The van der Waals surface area contributed by atoms with Crippen LogP contribution in [-0.2, 0) is 4.74 Å². The number of aliphatic imine (C=N–C) groups is 1. The molecule has 2 aliphatic rings. The van der Waals surface area contributed by atoms with Crippen LogP contribution in [0.5, 0.6) is 5.75 Å². The lowest BCUT2D eigenvalue weighted by atomic mass is 10.1. The molecule has 0 bridgehead atoms. The molecule has 0 spiro atoms. The Morgan fingerprint density at radius 1 is 1.47 bits per heavy atom. The highest BCUT2D eigenvalue weighted by Gasteiger charge is 2.32. The van der Waals surface area contributed by atoms with Crippen molar-refractivity contribution >= 4 is 17.9 Å². The van der Waals surface area contributed by atoms with Crippen molar-refractivity contribution in [2.75, 3.05) is 20.2 Å². The van der Waals surface area contributed by atoms with Crippen LogP contribution in [0.15, 0.2) is 23.2 Å². The summed E-state index contributed by atoms with van der Waals surface area (Å²) >= 11 is 0. The van der Waals surface area contributed by atoms with Gasteiger partial charge < -0.3 is 9.47 Å². The second-order valence-corrected chi connectivity index (χ2v) is 4.28. The zero-order valence-corrected chi connectivity index (χ0v) is 10.4. The number of amidine groups is 1. The zero-order valence-electron chi connectivity index (χ0n) is 10.4. The molecule has 1 aromatic carbocycles. The molecule has 98 valence electrons. The van der Waals surface area contributed by atoms with Gasteiger partial charge in [-0.15, -0.1) is 0 Å². The molecule has 1 amide bonds. The van der Waals surface area contributed by atoms with E-state index < -0.39 is 12.1 Å². The quantitative estimate of drug-likeness (QED) is 0.716. The first-order valence-corrected chi connectivity index (χ1v) is 5.97. The SMILES string of the molecule is COC(=O)c1ccc2c(c1)OC(=O)N1CCCN=C21. The lowest BCUT2D eigenvalue weighted by Crippen LogP contribution is -2.46. The molecule has 0 fully saturated rings. The highest BCUT2D eigenvalue weighted by Crippen LogP contribution is 2.29. The Bertz CT molecular complexity index is 594. The van der Waals surface area contributed by atoms with Gasteiger partial charge >= 0.3 is 12.1 Å². The Balaban J connectivity index is 2.07. The van der Waals surface area contributed by atoms with Gasteiger partial charge in [-0.25, -0.2) is 9.59 Å². The van der Waals surface area contributed by atoms with Crippen LogP contribution >= 0.6 is 0 Å². The highest BCUT2D eigenvalue weighted by atomic mass is 16.6. The maximum atomic E-state index is 11.8. The van der Waals surface area contributed by atoms with E-state index in [1.807, 2.05) is 0 Å². The fourth-order valence-corrected chi connectivity index (χ4v) is 2.20. The molecule has 0 N–H and O–H groups in total. The first kappa shape index (κ1) is 11.7. The summed E-state index contributed by atoms with van der Waals surface area (Å²) in [5, 5.41) is 0. The number of nitrogens with zero attached hydrogens (tertiary/aromatic N) is 2. The zero-order chi connectivity index (χ0) is 13.4. The molecular formula is C13H12N2O4. The highest BCUT2D eigenvalue weighted by molar-refractivity contribution is 6.12. The minimum Gasteiger partial charge on any atom is -0.465 e. The molecule has 0 aliphatic carbocycles. The van der Waals surface area contributed by atoms with Crippen molar-refractivity contribution in [1.29, 1.82) is 0 Å². The third-order valence-corrected chi connectivity index (χ3v) is 3.12. The monoisotopic (exact) mass is 260 g/mol. The van der Waals surface area contributed by atoms with E-state index in [-0.39, 0.29) is 0 Å². The van der Waals surface area contributed by atoms with Crippen molar-refractivity contribution in [3.8, 4) is 5.75 Å². The van der Waals surface area contributed by atoms with Gasteiger partial charge in [-0.05, 0) is 24.6 Å². The summed E-state index contributed by atoms with van der Waals surface area (Å²) in [4.78, 5) is 29.2. The first-order chi connectivity index (χ1) is 9.20. The molecule has 6 heteroatoms. The van der Waals surface area contributed by atoms with E-state index in [1.54, 1.807) is 12.1 Å². The molecule has 0 aromatic heterocycles. The minimum absolute atomic E-state index is 0.346. The van der Waals surface area contributed by atoms with Crippen molar-refractivity contribution in [2.45, 2.75) is 6.42 Å². The summed E-state index contributed by atoms with van der Waals surface area (Å²) in [5.41, 5.74) is 1.07. The summed E-state index contributed by atoms with van der Waals surface area (Å²) in [6.07, 6.45) is 0.377. The Hall–Kier alpha value is -2.37. The maximum absolute atomic E-state index is 11.8. The van der Waals surface area contributed by atoms with Gasteiger partial charge in [-0.3, -0.25) is 9.89 Å². The molecule has 2 aliphatic heterocycles. The number of hydrogen-bond acceptors (Lipinski definition) is 5. The molecule has 3 rings (SSSR count). The smallest absolute Gasteiger partial charge is 0.420 e. The van der Waals surface area contributed by atoms with Gasteiger partial charge in [0.2, 0.25) is 0 Å². The average molecular weight is 260 g/mol. The number of fused-ring (bicyclic) bond motifs is 3. The number of rotatable bonds is 1. The number of carbonyl (C=O) groups is 2. The number of methoxy groups -OCH3 is 1. The predicted octanol–water partition coefficient (Wildman–Crippen LogP) is 1.44. The number of hydrogen-bond donors (Lipinski definition) is 0. The van der Waals surface area contributed by atoms with E-state index in [0.717, 1.165) is 12.0 Å². The molecule has 1 aromatic rings. The number of amides is 1. The summed E-state index contributed by atoms with van der Waals surface area (Å²) < 4.78 is 9.88. The standard InChI is InChI=1S/C13H12N2O4/c1-18-12(16)8-3-4-9-10(7-8)19-13(17)15-6-2-5-14-11(9)15/h3-4,7H,2,5-6H2,1H3. The van der Waals surface area contributed by atoms with Gasteiger partial charge in [-0.1, -0.05) is 0 Å². The third-order valence-electron chi connectivity index (χ3n) is 3.12. The molecule has 19 heavy (non-hydrogen) atoms. The first-order valence-electron chi connectivity index (χ1n) is 5.97. The summed E-state index contributed by atoms with van der Waals surface area (Å²) in [6.45, 7) is 1.30. The van der Waals surface area contributed by atoms with Crippen LogP contribution in [0.1, 0.15) is 22.3 Å². The normalized spacial score (nSPS) is 17.0. The third kappa shape index (κ3) is 1.85. The maximum Gasteiger partial charge on any atom is 0.420 e. The van der Waals surface area contributed by atoms with Crippen LogP contribution in [-0.4, -0.2) is 43.0 Å². The Labute approximate surface area is 109 Å². The second-order valence-electron chi connectivity index (χ2n) is 4.28. The molecule has 6 nitrogen and oxygen atoms in total. The molecule has 0 unspecified atom stereocenters. The lowest BCUT2D eigenvalue weighted by molar-refractivity contribution is 0.0600. The number of esters is 1. The molecule has 2 heterocycles. The van der Waals surface area contributed by atoms with E-state index >= 15 is 0 Å². The summed E-state index contributed by atoms with van der Waals surface area (Å²) in [6, 6.07) is 4.87. The van der Waals surface area contributed by atoms with E-state index in [9.17, 15) is 9.59 Å². The van der Waals surface area contributed by atoms with Gasteiger partial charge in [0, 0.05) is 13.1 Å². The van der Waals surface area contributed by atoms with Crippen LogP contribution < -0.4 is 4.74 Å². The van der Waals surface area contributed by atoms with Crippen LogP contribution in [0.25, 0.3) is 0 Å². The van der Waals surface area contributed by atoms with Crippen molar-refractivity contribution in [3.63, 3.8) is 0 Å². The van der Waals surface area contributed by atoms with E-state index in [4.69, 9.17) is 4.74 Å². The summed E-state index contributed by atoms with van der Waals surface area (Å²) in [5.74, 6) is 0.505. The molecule has 0 saturated heterocycles. The predicted molar refractivity (Wildman–Crippen MR) is 66.5 cm³/mol. The van der Waals surface area contributed by atoms with Crippen molar-refractivity contribution in [2.24, 2.45) is 4.99 Å². The van der Waals surface area contributed by atoms with E-state index in [2.05, 4.69) is 9.73 Å². The minimum atomic E-state index is -0.466. The van der Waals surface area contributed by atoms with Crippen molar-refractivity contribution in [1.82, 2.24) is 4.90 Å². The van der Waals surface area contributed by atoms with E-state index in [0.29, 0.717) is 30.2 Å². The van der Waals surface area contributed by atoms with Crippen molar-refractivity contribution in [3.05, 3.63) is 29.3 Å². The van der Waals surface area contributed by atoms with Gasteiger partial charge in [-0.2, -0.15) is 0 Å². The molecule has 0 atom stereocenters. The topological polar surface area (TPSA) is 68.2 Å². The van der Waals surface area contributed by atoms with Crippen LogP contribution in [0.2, 0.25) is 0 Å². The Kier molecular flexibility index (Phi) is 2.70. The largest absolute Gasteiger partial charge is 0.465 e. The molecule has 0 saturated carbocycles. The van der Waals surface area contributed by atoms with Crippen LogP contribution in [0.3, 0.4) is 0 Å². The number of benzene rings is 1. The van der Waals surface area contributed by atoms with Crippen LogP contribution in [0, 0.1) is 0 Å². The van der Waals surface area contributed by atoms with E-state index in [1.165, 1.54) is 18.1 Å². The lowest BCUT2D eigenvalue weighted by Gasteiger charge is -2.31. The Morgan fingerprint density at radius 3 is 3.11 bits per heavy atom. The van der Waals surface area contributed by atoms with Gasteiger partial charge in [0.05, 0.1) is 18.2 Å².